The number of carboxylic acids is 1. The molecule has 0 aliphatic carbocycles. The van der Waals surface area contributed by atoms with E-state index in [2.05, 4.69) is 10.6 Å². The van der Waals surface area contributed by atoms with Crippen molar-refractivity contribution < 1.29 is 19.4 Å². The van der Waals surface area contributed by atoms with Crippen molar-refractivity contribution >= 4 is 11.9 Å². The van der Waals surface area contributed by atoms with E-state index in [1.54, 1.807) is 0 Å². The van der Waals surface area contributed by atoms with Gasteiger partial charge in [-0.15, -0.1) is 0 Å². The molecule has 1 atom stereocenters. The van der Waals surface area contributed by atoms with Crippen LogP contribution in [0.2, 0.25) is 0 Å². The predicted molar refractivity (Wildman–Crippen MR) is 65.0 cm³/mol. The third-order valence-electron chi connectivity index (χ3n) is 2.96. The summed E-state index contributed by atoms with van der Waals surface area (Å²) in [5, 5.41) is 14.9. The molecule has 0 unspecified atom stereocenters. The van der Waals surface area contributed by atoms with Crippen LogP contribution in [0.3, 0.4) is 0 Å². The molecule has 104 valence electrons. The van der Waals surface area contributed by atoms with Crippen molar-refractivity contribution in [1.29, 1.82) is 0 Å². The molecule has 1 saturated heterocycles. The van der Waals surface area contributed by atoms with Crippen LogP contribution in [0.5, 0.6) is 0 Å². The van der Waals surface area contributed by atoms with Gasteiger partial charge >= 0.3 is 5.97 Å². The number of hydrogen-bond acceptors (Lipinski definition) is 5. The fraction of sp³-hybridized carbons (Fsp3) is 0.818. The second-order valence-corrected chi connectivity index (χ2v) is 4.96. The van der Waals surface area contributed by atoms with Crippen LogP contribution in [0.15, 0.2) is 0 Å². The fourth-order valence-corrected chi connectivity index (χ4v) is 1.77. The van der Waals surface area contributed by atoms with Crippen molar-refractivity contribution in [3.8, 4) is 0 Å². The highest BCUT2D eigenvalue weighted by Gasteiger charge is 2.42. The average molecular weight is 259 g/mol. The van der Waals surface area contributed by atoms with E-state index in [1.807, 2.05) is 13.8 Å². The molecular formula is C11H21N3O4. The maximum Gasteiger partial charge on any atom is 0.320 e. The Morgan fingerprint density at radius 1 is 1.44 bits per heavy atom. The minimum atomic E-state index is -0.901. The van der Waals surface area contributed by atoms with Gasteiger partial charge in [0.15, 0.2) is 0 Å². The highest BCUT2D eigenvalue weighted by molar-refractivity contribution is 5.78. The molecular weight excluding hydrogens is 238 g/mol. The van der Waals surface area contributed by atoms with Crippen molar-refractivity contribution in [2.45, 2.75) is 25.4 Å². The number of ether oxygens (including phenoxy) is 1. The Bertz CT molecular complexity index is 315. The van der Waals surface area contributed by atoms with E-state index in [0.717, 1.165) is 0 Å². The lowest BCUT2D eigenvalue weighted by Gasteiger charge is -2.44. The number of rotatable bonds is 7. The zero-order valence-electron chi connectivity index (χ0n) is 10.7. The van der Waals surface area contributed by atoms with Crippen LogP contribution in [0.25, 0.3) is 0 Å². The molecule has 0 bridgehead atoms. The summed E-state index contributed by atoms with van der Waals surface area (Å²) in [5.41, 5.74) is 4.70. The maximum absolute atomic E-state index is 11.1. The highest BCUT2D eigenvalue weighted by atomic mass is 16.5. The van der Waals surface area contributed by atoms with Crippen LogP contribution in [-0.4, -0.2) is 54.9 Å². The van der Waals surface area contributed by atoms with E-state index in [-0.39, 0.29) is 18.4 Å². The van der Waals surface area contributed by atoms with Crippen molar-refractivity contribution in [2.24, 2.45) is 11.7 Å². The van der Waals surface area contributed by atoms with Gasteiger partial charge in [0.2, 0.25) is 5.91 Å². The smallest absolute Gasteiger partial charge is 0.320 e. The first-order valence-corrected chi connectivity index (χ1v) is 5.95. The van der Waals surface area contributed by atoms with Gasteiger partial charge in [0.05, 0.1) is 25.3 Å². The lowest BCUT2D eigenvalue weighted by atomic mass is 9.93. The van der Waals surface area contributed by atoms with E-state index in [1.165, 1.54) is 0 Å². The number of nitrogens with two attached hydrogens (primary N) is 1. The second-order valence-electron chi connectivity index (χ2n) is 4.96. The minimum absolute atomic E-state index is 0.0508. The van der Waals surface area contributed by atoms with Crippen molar-refractivity contribution in [3.63, 3.8) is 0 Å². The summed E-state index contributed by atoms with van der Waals surface area (Å²) in [5.74, 6) is -1.22. The summed E-state index contributed by atoms with van der Waals surface area (Å²) in [6.07, 6.45) is 0. The van der Waals surface area contributed by atoms with Gasteiger partial charge in [-0.1, -0.05) is 13.8 Å². The Hall–Kier alpha value is -1.18. The van der Waals surface area contributed by atoms with E-state index in [9.17, 15) is 9.59 Å². The van der Waals surface area contributed by atoms with Crippen LogP contribution < -0.4 is 16.4 Å². The van der Waals surface area contributed by atoms with E-state index in [4.69, 9.17) is 15.6 Å². The minimum Gasteiger partial charge on any atom is -0.480 e. The van der Waals surface area contributed by atoms with Gasteiger partial charge in [0, 0.05) is 6.54 Å². The van der Waals surface area contributed by atoms with Gasteiger partial charge in [-0.25, -0.2) is 0 Å². The van der Waals surface area contributed by atoms with E-state index < -0.39 is 17.6 Å². The van der Waals surface area contributed by atoms with Crippen LogP contribution in [0.4, 0.5) is 0 Å². The molecule has 18 heavy (non-hydrogen) atoms. The molecule has 0 spiro atoms. The number of carbonyl (C=O) groups is 2. The SMILES string of the molecule is CC(C)[C@H](NC1(CNC(=O)CN)COC1)C(=O)O. The zero-order valence-corrected chi connectivity index (χ0v) is 10.7. The molecule has 1 heterocycles. The normalized spacial score (nSPS) is 19.1. The molecule has 1 fully saturated rings. The summed E-state index contributed by atoms with van der Waals surface area (Å²) < 4.78 is 5.13. The molecule has 0 aromatic rings. The monoisotopic (exact) mass is 259 g/mol. The first kappa shape index (κ1) is 14.9. The van der Waals surface area contributed by atoms with Gasteiger partial charge in [0.1, 0.15) is 6.04 Å². The largest absolute Gasteiger partial charge is 0.480 e. The second kappa shape index (κ2) is 6.12. The average Bonchev–Trinajstić information content (AvgIpc) is 2.25. The van der Waals surface area contributed by atoms with Gasteiger partial charge in [0.25, 0.3) is 0 Å². The number of nitrogens with one attached hydrogen (secondary N) is 2. The molecule has 1 amide bonds. The highest BCUT2D eigenvalue weighted by Crippen LogP contribution is 2.19. The van der Waals surface area contributed by atoms with E-state index >= 15 is 0 Å². The van der Waals surface area contributed by atoms with Crippen molar-refractivity contribution in [1.82, 2.24) is 10.6 Å². The first-order chi connectivity index (χ1) is 8.40. The topological polar surface area (TPSA) is 114 Å². The summed E-state index contributed by atoms with van der Waals surface area (Å²) in [6.45, 7) is 4.67. The maximum atomic E-state index is 11.1. The lowest BCUT2D eigenvalue weighted by molar-refractivity contribution is -0.145. The summed E-state index contributed by atoms with van der Waals surface area (Å²) in [6, 6.07) is -0.663. The summed E-state index contributed by atoms with van der Waals surface area (Å²) >= 11 is 0. The van der Waals surface area contributed by atoms with Crippen LogP contribution in [-0.2, 0) is 14.3 Å². The quantitative estimate of drug-likeness (QED) is 0.444. The summed E-state index contributed by atoms with van der Waals surface area (Å²) in [7, 11) is 0. The molecule has 7 heteroatoms. The standard InChI is InChI=1S/C11H21N3O4/c1-7(2)9(10(16)17)14-11(5-18-6-11)4-13-8(15)3-12/h7,9,14H,3-6,12H2,1-2H3,(H,13,15)(H,16,17)/t9-/m0/s1. The number of carbonyl (C=O) groups excluding carboxylic acids is 1. The van der Waals surface area contributed by atoms with Gasteiger partial charge in [-0.3, -0.25) is 14.9 Å². The molecule has 7 nitrogen and oxygen atoms in total. The van der Waals surface area contributed by atoms with Gasteiger partial charge < -0.3 is 20.9 Å². The van der Waals surface area contributed by atoms with Gasteiger partial charge in [-0.05, 0) is 5.92 Å². The number of amides is 1. The molecule has 0 aromatic heterocycles. The first-order valence-electron chi connectivity index (χ1n) is 5.95. The Kier molecular flexibility index (Phi) is 5.06. The third-order valence-corrected chi connectivity index (χ3v) is 2.96. The number of hydrogen-bond donors (Lipinski definition) is 4. The predicted octanol–water partition coefficient (Wildman–Crippen LogP) is -1.47. The Balaban J connectivity index is 2.58. The van der Waals surface area contributed by atoms with Gasteiger partial charge in [-0.2, -0.15) is 0 Å². The third kappa shape index (κ3) is 3.66. The molecule has 0 radical (unpaired) electrons. The van der Waals surface area contributed by atoms with Crippen LogP contribution in [0.1, 0.15) is 13.8 Å². The molecule has 0 saturated carbocycles. The van der Waals surface area contributed by atoms with E-state index in [0.29, 0.717) is 19.8 Å². The summed E-state index contributed by atoms with van der Waals surface area (Å²) in [4.78, 5) is 22.3. The zero-order chi connectivity index (χ0) is 13.8. The molecule has 0 aromatic carbocycles. The molecule has 1 aliphatic heterocycles. The Morgan fingerprint density at radius 3 is 2.39 bits per heavy atom. The number of carboxylic acid groups (broad SMARTS) is 1. The molecule has 1 aliphatic rings. The molecule has 5 N–H and O–H groups in total. The molecule has 1 rings (SSSR count). The fourth-order valence-electron chi connectivity index (χ4n) is 1.77. The van der Waals surface area contributed by atoms with Crippen LogP contribution in [0, 0.1) is 5.92 Å². The lowest BCUT2D eigenvalue weighted by Crippen LogP contribution is -2.70. The van der Waals surface area contributed by atoms with Crippen LogP contribution >= 0.6 is 0 Å². The Labute approximate surface area is 106 Å². The number of aliphatic carboxylic acids is 1. The Morgan fingerprint density at radius 2 is 2.06 bits per heavy atom. The van der Waals surface area contributed by atoms with Crippen molar-refractivity contribution in [3.05, 3.63) is 0 Å². The van der Waals surface area contributed by atoms with Crippen molar-refractivity contribution in [2.75, 3.05) is 26.3 Å².